The van der Waals surface area contributed by atoms with Crippen LogP contribution in [0.5, 0.6) is 0 Å². The molecule has 104 valence electrons. The van der Waals surface area contributed by atoms with Crippen molar-refractivity contribution in [1.29, 1.82) is 0 Å². The quantitative estimate of drug-likeness (QED) is 0.779. The van der Waals surface area contributed by atoms with Crippen molar-refractivity contribution < 1.29 is 9.53 Å². The SMILES string of the molecule is CC1(C)CC(NC(=O)c2cc(Cl)ccc2I)CCO1. The van der Waals surface area contributed by atoms with Crippen molar-refractivity contribution in [2.45, 2.75) is 38.3 Å². The third-order valence-corrected chi connectivity index (χ3v) is 4.38. The first-order valence-corrected chi connectivity index (χ1v) is 7.73. The number of hydrogen-bond acceptors (Lipinski definition) is 2. The molecule has 1 N–H and O–H groups in total. The maximum Gasteiger partial charge on any atom is 0.252 e. The number of hydrogen-bond donors (Lipinski definition) is 1. The number of amides is 1. The van der Waals surface area contributed by atoms with Gasteiger partial charge in [0.2, 0.25) is 0 Å². The Kier molecular flexibility index (Phi) is 4.74. The summed E-state index contributed by atoms with van der Waals surface area (Å²) in [6.45, 7) is 4.79. The zero-order valence-electron chi connectivity index (χ0n) is 11.0. The fraction of sp³-hybridized carbons (Fsp3) is 0.500. The van der Waals surface area contributed by atoms with Gasteiger partial charge < -0.3 is 10.1 Å². The molecule has 1 amide bonds. The van der Waals surface area contributed by atoms with Crippen molar-refractivity contribution >= 4 is 40.1 Å². The molecule has 1 aliphatic heterocycles. The van der Waals surface area contributed by atoms with E-state index >= 15 is 0 Å². The van der Waals surface area contributed by atoms with Gasteiger partial charge in [-0.15, -0.1) is 0 Å². The third-order valence-electron chi connectivity index (χ3n) is 3.21. The molecular formula is C14H17ClINO2. The molecule has 1 aliphatic rings. The average Bonchev–Trinajstić information content (AvgIpc) is 2.31. The largest absolute Gasteiger partial charge is 0.375 e. The van der Waals surface area contributed by atoms with Gasteiger partial charge in [-0.25, -0.2) is 0 Å². The molecule has 3 nitrogen and oxygen atoms in total. The van der Waals surface area contributed by atoms with Crippen molar-refractivity contribution in [1.82, 2.24) is 5.32 Å². The van der Waals surface area contributed by atoms with Crippen LogP contribution in [0.4, 0.5) is 0 Å². The van der Waals surface area contributed by atoms with Crippen LogP contribution in [0.25, 0.3) is 0 Å². The second kappa shape index (κ2) is 5.97. The van der Waals surface area contributed by atoms with E-state index in [-0.39, 0.29) is 17.6 Å². The minimum Gasteiger partial charge on any atom is -0.375 e. The first kappa shape index (κ1) is 15.1. The fourth-order valence-electron chi connectivity index (χ4n) is 2.29. The second-order valence-corrected chi connectivity index (χ2v) is 6.99. The zero-order chi connectivity index (χ0) is 14.0. The summed E-state index contributed by atoms with van der Waals surface area (Å²) in [6, 6.07) is 5.51. The lowest BCUT2D eigenvalue weighted by molar-refractivity contribution is -0.0615. The summed E-state index contributed by atoms with van der Waals surface area (Å²) in [5.74, 6) is -0.0606. The predicted octanol–water partition coefficient (Wildman–Crippen LogP) is 3.63. The van der Waals surface area contributed by atoms with E-state index in [2.05, 4.69) is 41.8 Å². The Balaban J connectivity index is 2.06. The smallest absolute Gasteiger partial charge is 0.252 e. The van der Waals surface area contributed by atoms with Crippen LogP contribution in [0.1, 0.15) is 37.0 Å². The van der Waals surface area contributed by atoms with E-state index in [0.29, 0.717) is 17.2 Å². The van der Waals surface area contributed by atoms with Crippen molar-refractivity contribution in [3.8, 4) is 0 Å². The number of carbonyl (C=O) groups is 1. The lowest BCUT2D eigenvalue weighted by Gasteiger charge is -2.35. The Labute approximate surface area is 132 Å². The summed E-state index contributed by atoms with van der Waals surface area (Å²) in [5.41, 5.74) is 0.468. The van der Waals surface area contributed by atoms with E-state index in [1.54, 1.807) is 12.1 Å². The molecule has 19 heavy (non-hydrogen) atoms. The molecule has 1 unspecified atom stereocenters. The summed E-state index contributed by atoms with van der Waals surface area (Å²) < 4.78 is 6.56. The summed E-state index contributed by atoms with van der Waals surface area (Å²) >= 11 is 8.09. The highest BCUT2D eigenvalue weighted by Crippen LogP contribution is 2.25. The van der Waals surface area contributed by atoms with Gasteiger partial charge >= 0.3 is 0 Å². The molecule has 2 rings (SSSR count). The first-order valence-electron chi connectivity index (χ1n) is 6.27. The van der Waals surface area contributed by atoms with E-state index in [9.17, 15) is 4.79 Å². The second-order valence-electron chi connectivity index (χ2n) is 5.40. The molecule has 1 heterocycles. The van der Waals surface area contributed by atoms with Crippen LogP contribution in [0.2, 0.25) is 5.02 Å². The van der Waals surface area contributed by atoms with Crippen LogP contribution in [0.15, 0.2) is 18.2 Å². The molecular weight excluding hydrogens is 377 g/mol. The molecule has 0 saturated carbocycles. The van der Waals surface area contributed by atoms with Crippen LogP contribution in [-0.2, 0) is 4.74 Å². The third kappa shape index (κ3) is 4.07. The number of rotatable bonds is 2. The molecule has 0 spiro atoms. The van der Waals surface area contributed by atoms with Gasteiger partial charge in [0.05, 0.1) is 11.2 Å². The van der Waals surface area contributed by atoms with Gasteiger partial charge in [0.1, 0.15) is 0 Å². The van der Waals surface area contributed by atoms with E-state index < -0.39 is 0 Å². The lowest BCUT2D eigenvalue weighted by Crippen LogP contribution is -2.45. The first-order chi connectivity index (χ1) is 8.87. The van der Waals surface area contributed by atoms with E-state index in [4.69, 9.17) is 16.3 Å². The number of carbonyl (C=O) groups excluding carboxylic acids is 1. The van der Waals surface area contributed by atoms with Gasteiger partial charge in [-0.2, -0.15) is 0 Å². The Bertz CT molecular complexity index is 490. The van der Waals surface area contributed by atoms with E-state index in [1.165, 1.54) is 0 Å². The number of ether oxygens (including phenoxy) is 1. The molecule has 1 atom stereocenters. The maximum absolute atomic E-state index is 12.3. The number of nitrogens with one attached hydrogen (secondary N) is 1. The van der Waals surface area contributed by atoms with Crippen LogP contribution in [0.3, 0.4) is 0 Å². The van der Waals surface area contributed by atoms with Crippen molar-refractivity contribution in [3.05, 3.63) is 32.4 Å². The minimum absolute atomic E-state index is 0.0606. The summed E-state index contributed by atoms with van der Waals surface area (Å²) in [7, 11) is 0. The van der Waals surface area contributed by atoms with Gasteiger partial charge in [0.25, 0.3) is 5.91 Å². The number of benzene rings is 1. The molecule has 1 aromatic rings. The molecule has 0 aromatic heterocycles. The molecule has 5 heteroatoms. The molecule has 1 aromatic carbocycles. The Morgan fingerprint density at radius 3 is 2.95 bits per heavy atom. The van der Waals surface area contributed by atoms with Crippen molar-refractivity contribution in [2.24, 2.45) is 0 Å². The lowest BCUT2D eigenvalue weighted by atomic mass is 9.94. The van der Waals surface area contributed by atoms with Crippen LogP contribution < -0.4 is 5.32 Å². The summed E-state index contributed by atoms with van der Waals surface area (Å²) in [6.07, 6.45) is 1.68. The van der Waals surface area contributed by atoms with Gasteiger partial charge in [-0.05, 0) is 67.5 Å². The van der Waals surface area contributed by atoms with Crippen LogP contribution in [-0.4, -0.2) is 24.2 Å². The monoisotopic (exact) mass is 393 g/mol. The Hall–Kier alpha value is -0.330. The molecule has 0 radical (unpaired) electrons. The zero-order valence-corrected chi connectivity index (χ0v) is 13.9. The van der Waals surface area contributed by atoms with Crippen LogP contribution >= 0.6 is 34.2 Å². The van der Waals surface area contributed by atoms with E-state index in [1.807, 2.05) is 6.07 Å². The molecule has 1 fully saturated rings. The summed E-state index contributed by atoms with van der Waals surface area (Å²) in [5, 5.41) is 3.66. The highest BCUT2D eigenvalue weighted by molar-refractivity contribution is 14.1. The minimum atomic E-state index is -0.169. The highest BCUT2D eigenvalue weighted by atomic mass is 127. The van der Waals surface area contributed by atoms with Gasteiger partial charge in [0, 0.05) is 21.2 Å². The Morgan fingerprint density at radius 1 is 1.53 bits per heavy atom. The number of halogens is 2. The highest BCUT2D eigenvalue weighted by Gasteiger charge is 2.30. The Morgan fingerprint density at radius 2 is 2.26 bits per heavy atom. The topological polar surface area (TPSA) is 38.3 Å². The fourth-order valence-corrected chi connectivity index (χ4v) is 3.04. The normalized spacial score (nSPS) is 22.0. The average molecular weight is 394 g/mol. The summed E-state index contributed by atoms with van der Waals surface area (Å²) in [4.78, 5) is 12.3. The van der Waals surface area contributed by atoms with Gasteiger partial charge in [-0.3, -0.25) is 4.79 Å². The molecule has 0 bridgehead atoms. The van der Waals surface area contributed by atoms with Gasteiger partial charge in [-0.1, -0.05) is 11.6 Å². The molecule has 1 saturated heterocycles. The standard InChI is InChI=1S/C14H17ClINO2/c1-14(2)8-10(5-6-19-14)17-13(18)11-7-9(15)3-4-12(11)16/h3-4,7,10H,5-6,8H2,1-2H3,(H,17,18). The van der Waals surface area contributed by atoms with E-state index in [0.717, 1.165) is 16.4 Å². The predicted molar refractivity (Wildman–Crippen MR) is 84.7 cm³/mol. The van der Waals surface area contributed by atoms with Crippen LogP contribution in [0, 0.1) is 3.57 Å². The van der Waals surface area contributed by atoms with Crippen molar-refractivity contribution in [2.75, 3.05) is 6.61 Å². The van der Waals surface area contributed by atoms with Gasteiger partial charge in [0.15, 0.2) is 0 Å². The molecule has 0 aliphatic carbocycles. The van der Waals surface area contributed by atoms with Crippen molar-refractivity contribution in [3.63, 3.8) is 0 Å². The maximum atomic E-state index is 12.3.